The summed E-state index contributed by atoms with van der Waals surface area (Å²) in [6.45, 7) is 8.57. The van der Waals surface area contributed by atoms with Crippen LogP contribution in [0.4, 0.5) is 0 Å². The van der Waals surface area contributed by atoms with Crippen molar-refractivity contribution in [1.29, 1.82) is 21.0 Å². The van der Waals surface area contributed by atoms with E-state index in [9.17, 15) is 15.8 Å². The molecule has 180 valence electrons. The summed E-state index contributed by atoms with van der Waals surface area (Å²) >= 11 is 3.61. The molecule has 0 amide bonds. The second kappa shape index (κ2) is 10.0. The lowest BCUT2D eigenvalue weighted by Gasteiger charge is -2.47. The van der Waals surface area contributed by atoms with Gasteiger partial charge in [-0.05, 0) is 60.3 Å². The Labute approximate surface area is 215 Å². The molecule has 2 N–H and O–H groups in total. The molecule has 2 aliphatic rings. The van der Waals surface area contributed by atoms with Gasteiger partial charge in [-0.1, -0.05) is 42.8 Å². The Hall–Kier alpha value is -3.46. The number of allylic oxidation sites excluding steroid dienone is 4. The van der Waals surface area contributed by atoms with Crippen molar-refractivity contribution >= 4 is 15.9 Å². The van der Waals surface area contributed by atoms with Crippen LogP contribution in [0.5, 0.6) is 11.5 Å². The third kappa shape index (κ3) is 4.48. The van der Waals surface area contributed by atoms with Gasteiger partial charge in [0, 0.05) is 10.4 Å². The molecule has 3 rings (SSSR count). The summed E-state index contributed by atoms with van der Waals surface area (Å²) in [5, 5.41) is 39.7. The van der Waals surface area contributed by atoms with Crippen molar-refractivity contribution in [2.45, 2.75) is 46.5 Å². The lowest BCUT2D eigenvalue weighted by molar-refractivity contribution is 0.170. The molecule has 0 aromatic heterocycles. The van der Waals surface area contributed by atoms with Crippen LogP contribution >= 0.6 is 15.9 Å². The fourth-order valence-corrected chi connectivity index (χ4v) is 5.79. The number of hydrogen-bond acceptors (Lipinski definition) is 7. The highest BCUT2D eigenvalue weighted by atomic mass is 79.9. The van der Waals surface area contributed by atoms with Crippen LogP contribution in [0.1, 0.15) is 52.0 Å². The van der Waals surface area contributed by atoms with Crippen molar-refractivity contribution in [1.82, 2.24) is 0 Å². The Morgan fingerprint density at radius 3 is 2.31 bits per heavy atom. The van der Waals surface area contributed by atoms with Crippen LogP contribution in [0.3, 0.4) is 0 Å². The fourth-order valence-electron chi connectivity index (χ4n) is 5.22. The monoisotopic (exact) mass is 533 g/mol. The number of fused-ring (bicyclic) bond motifs is 1. The number of ether oxygens (including phenoxy) is 2. The average Bonchev–Trinajstić information content (AvgIpc) is 2.83. The van der Waals surface area contributed by atoms with Crippen molar-refractivity contribution in [3.8, 4) is 35.8 Å². The highest BCUT2D eigenvalue weighted by molar-refractivity contribution is 9.10. The summed E-state index contributed by atoms with van der Waals surface area (Å²) in [5.74, 6) is 0.160. The Morgan fingerprint density at radius 1 is 1.11 bits per heavy atom. The van der Waals surface area contributed by atoms with E-state index >= 15 is 0 Å². The molecule has 0 saturated carbocycles. The predicted octanol–water partition coefficient (Wildman–Crippen LogP) is 5.62. The van der Waals surface area contributed by atoms with Gasteiger partial charge in [0.15, 0.2) is 23.5 Å². The number of nitrogens with two attached hydrogens (primary N) is 1. The minimum absolute atomic E-state index is 0.00323. The summed E-state index contributed by atoms with van der Waals surface area (Å²) in [6, 6.07) is 12.0. The van der Waals surface area contributed by atoms with Crippen LogP contribution in [0.15, 0.2) is 39.5 Å². The highest BCUT2D eigenvalue weighted by Gasteiger charge is 2.55. The summed E-state index contributed by atoms with van der Waals surface area (Å²) in [7, 11) is 0. The lowest BCUT2D eigenvalue weighted by Crippen LogP contribution is -2.44. The van der Waals surface area contributed by atoms with Crippen LogP contribution in [-0.4, -0.2) is 13.2 Å². The molecule has 3 atom stereocenters. The zero-order valence-electron chi connectivity index (χ0n) is 20.4. The van der Waals surface area contributed by atoms with Crippen LogP contribution in [0, 0.1) is 68.0 Å². The van der Waals surface area contributed by atoms with Gasteiger partial charge in [-0.25, -0.2) is 0 Å². The highest BCUT2D eigenvalue weighted by Crippen LogP contribution is 2.59. The fraction of sp³-hybridized carbons (Fsp3) is 0.481. The summed E-state index contributed by atoms with van der Waals surface area (Å²) in [4.78, 5) is 0. The van der Waals surface area contributed by atoms with Crippen LogP contribution in [0.2, 0.25) is 0 Å². The Balaban J connectivity index is 2.33. The first-order valence-corrected chi connectivity index (χ1v) is 12.3. The normalized spacial score (nSPS) is 23.0. The molecule has 1 aromatic rings. The van der Waals surface area contributed by atoms with Gasteiger partial charge in [0.05, 0.1) is 30.0 Å². The van der Waals surface area contributed by atoms with Gasteiger partial charge in [-0.2, -0.15) is 21.0 Å². The molecule has 7 nitrogen and oxygen atoms in total. The minimum Gasteiger partial charge on any atom is -0.490 e. The molecule has 0 unspecified atom stereocenters. The number of hydrogen-bond donors (Lipinski definition) is 1. The van der Waals surface area contributed by atoms with Gasteiger partial charge in [0.25, 0.3) is 0 Å². The van der Waals surface area contributed by atoms with Crippen molar-refractivity contribution in [3.05, 3.63) is 45.1 Å². The maximum Gasteiger partial charge on any atom is 0.191 e. The van der Waals surface area contributed by atoms with E-state index in [-0.39, 0.29) is 35.1 Å². The van der Waals surface area contributed by atoms with Crippen molar-refractivity contribution < 1.29 is 9.47 Å². The summed E-state index contributed by atoms with van der Waals surface area (Å²) < 4.78 is 12.0. The second-order valence-corrected chi connectivity index (χ2v) is 10.8. The maximum atomic E-state index is 10.4. The molecule has 0 aliphatic heterocycles. The van der Waals surface area contributed by atoms with Crippen LogP contribution < -0.4 is 15.2 Å². The van der Waals surface area contributed by atoms with Crippen molar-refractivity contribution in [2.75, 3.05) is 13.2 Å². The Morgan fingerprint density at radius 2 is 1.77 bits per heavy atom. The number of nitrogens with zero attached hydrogens (tertiary/aromatic N) is 4. The molecule has 8 heteroatoms. The predicted molar refractivity (Wildman–Crippen MR) is 133 cm³/mol. The smallest absolute Gasteiger partial charge is 0.191 e. The van der Waals surface area contributed by atoms with Crippen LogP contribution in [0.25, 0.3) is 0 Å². The van der Waals surface area contributed by atoms with Gasteiger partial charge in [-0.3, -0.25) is 0 Å². The molecule has 0 fully saturated rings. The van der Waals surface area contributed by atoms with Crippen molar-refractivity contribution in [3.63, 3.8) is 0 Å². The molecule has 0 spiro atoms. The van der Waals surface area contributed by atoms with Gasteiger partial charge in [0.2, 0.25) is 0 Å². The van der Waals surface area contributed by atoms with E-state index in [0.717, 1.165) is 12.0 Å². The average molecular weight is 534 g/mol. The molecule has 2 aliphatic carbocycles. The third-order valence-electron chi connectivity index (χ3n) is 7.09. The summed E-state index contributed by atoms with van der Waals surface area (Å²) in [5.41, 5.74) is 6.40. The van der Waals surface area contributed by atoms with E-state index in [0.29, 0.717) is 34.6 Å². The second-order valence-electron chi connectivity index (χ2n) is 9.91. The third-order valence-corrected chi connectivity index (χ3v) is 7.78. The molecule has 0 saturated heterocycles. The zero-order valence-corrected chi connectivity index (χ0v) is 21.9. The standard InChI is InChI=1S/C27H28BrN5O2/c1-5-34-22-11-19(21(28)12-23(22)35-9-8-29)24-18-10-16(26(2,3)4)6-7-17(18)20(13-30)25(33)27(24,14-31)15-32/h7,11-12,16,18,24H,5-6,9-10,33H2,1-4H3/t16-,18-,24-/m1/s1. The molecular weight excluding hydrogens is 506 g/mol. The van der Waals surface area contributed by atoms with E-state index in [1.54, 1.807) is 12.1 Å². The zero-order chi connectivity index (χ0) is 26.0. The minimum atomic E-state index is -1.74. The first kappa shape index (κ1) is 26.2. The molecule has 35 heavy (non-hydrogen) atoms. The van der Waals surface area contributed by atoms with Gasteiger partial charge in [-0.15, -0.1) is 0 Å². The lowest BCUT2D eigenvalue weighted by atomic mass is 9.54. The molecule has 0 radical (unpaired) electrons. The van der Waals surface area contributed by atoms with E-state index in [1.807, 2.05) is 13.0 Å². The van der Waals surface area contributed by atoms with E-state index in [1.165, 1.54) is 0 Å². The van der Waals surface area contributed by atoms with E-state index < -0.39 is 11.3 Å². The van der Waals surface area contributed by atoms with Gasteiger partial charge in [0.1, 0.15) is 12.1 Å². The first-order chi connectivity index (χ1) is 16.6. The SMILES string of the molecule is CCOc1cc([C@H]2[C@@H]3C[C@H](C(C)(C)C)CC=C3C(C#N)=C(N)C2(C#N)C#N)c(Br)cc1OCC#N. The molecule has 0 bridgehead atoms. The topological polar surface area (TPSA) is 140 Å². The number of benzene rings is 1. The molecule has 0 heterocycles. The van der Waals surface area contributed by atoms with Crippen LogP contribution in [-0.2, 0) is 0 Å². The van der Waals surface area contributed by atoms with Crippen molar-refractivity contribution in [2.24, 2.45) is 28.4 Å². The van der Waals surface area contributed by atoms with E-state index in [2.05, 4.69) is 61.0 Å². The largest absolute Gasteiger partial charge is 0.490 e. The molecular formula is C27H28BrN5O2. The number of halogens is 1. The Kier molecular flexibility index (Phi) is 7.50. The molecule has 1 aromatic carbocycles. The summed E-state index contributed by atoms with van der Waals surface area (Å²) in [6.07, 6.45) is 3.55. The van der Waals surface area contributed by atoms with E-state index in [4.69, 9.17) is 20.5 Å². The van der Waals surface area contributed by atoms with Gasteiger partial charge < -0.3 is 15.2 Å². The quantitative estimate of drug-likeness (QED) is 0.517. The first-order valence-electron chi connectivity index (χ1n) is 11.5. The number of rotatable bonds is 5. The Bertz CT molecular complexity index is 1230. The number of nitriles is 4. The maximum absolute atomic E-state index is 10.4. The van der Waals surface area contributed by atoms with Gasteiger partial charge >= 0.3 is 0 Å².